The first-order chi connectivity index (χ1) is 16.0. The highest BCUT2D eigenvalue weighted by Crippen LogP contribution is 2.67. The second-order valence-electron chi connectivity index (χ2n) is 9.82. The van der Waals surface area contributed by atoms with Crippen LogP contribution in [-0.4, -0.2) is 43.0 Å². The molecule has 3 N–H and O–H groups in total. The molecular formula is C26H30F3N3O2. The summed E-state index contributed by atoms with van der Waals surface area (Å²) < 4.78 is 42.8. The van der Waals surface area contributed by atoms with Crippen molar-refractivity contribution >= 4 is 17.5 Å². The third-order valence-corrected chi connectivity index (χ3v) is 7.40. The van der Waals surface area contributed by atoms with Crippen LogP contribution < -0.4 is 11.1 Å². The maximum Gasteiger partial charge on any atom is 0.395 e. The molecule has 1 fully saturated rings. The molecule has 2 aromatic rings. The van der Waals surface area contributed by atoms with Crippen molar-refractivity contribution in [2.45, 2.75) is 50.2 Å². The van der Waals surface area contributed by atoms with Crippen molar-refractivity contribution in [3.63, 3.8) is 0 Å². The van der Waals surface area contributed by atoms with Crippen molar-refractivity contribution in [3.8, 4) is 0 Å². The predicted molar refractivity (Wildman–Crippen MR) is 124 cm³/mol. The van der Waals surface area contributed by atoms with Crippen molar-refractivity contribution in [2.75, 3.05) is 19.4 Å². The normalized spacial score (nSPS) is 19.3. The van der Waals surface area contributed by atoms with Crippen LogP contribution in [0.1, 0.15) is 41.9 Å². The molecule has 2 amide bonds. The van der Waals surface area contributed by atoms with E-state index in [1.54, 1.807) is 30.3 Å². The van der Waals surface area contributed by atoms with Gasteiger partial charge < -0.3 is 16.0 Å². The molecule has 0 bridgehead atoms. The lowest BCUT2D eigenvalue weighted by atomic mass is 9.71. The van der Waals surface area contributed by atoms with Crippen molar-refractivity contribution in [3.05, 3.63) is 65.2 Å². The van der Waals surface area contributed by atoms with Crippen LogP contribution in [0.3, 0.4) is 0 Å². The van der Waals surface area contributed by atoms with E-state index in [1.165, 1.54) is 0 Å². The van der Waals surface area contributed by atoms with Crippen molar-refractivity contribution in [1.82, 2.24) is 4.90 Å². The van der Waals surface area contributed by atoms with E-state index in [1.807, 2.05) is 37.2 Å². The number of rotatable bonds is 9. The van der Waals surface area contributed by atoms with Crippen LogP contribution in [0, 0.1) is 11.3 Å². The van der Waals surface area contributed by atoms with E-state index in [-0.39, 0.29) is 31.2 Å². The van der Waals surface area contributed by atoms with E-state index in [0.717, 1.165) is 16.8 Å². The number of benzene rings is 2. The summed E-state index contributed by atoms with van der Waals surface area (Å²) in [5.74, 6) is -2.77. The van der Waals surface area contributed by atoms with Gasteiger partial charge >= 0.3 is 6.18 Å². The largest absolute Gasteiger partial charge is 0.395 e. The Bertz CT molecular complexity index is 1060. The van der Waals surface area contributed by atoms with E-state index >= 15 is 0 Å². The Kier molecular flexibility index (Phi) is 6.46. The second-order valence-corrected chi connectivity index (χ2v) is 9.82. The SMILES string of the molecule is CN(C)[C@H](Cc1ccc2c(c1)CC(=O)N2)CC(C(N)=O)C(c1ccccc1)C1(C(F)(F)F)CC1. The van der Waals surface area contributed by atoms with E-state index in [4.69, 9.17) is 5.73 Å². The smallest absolute Gasteiger partial charge is 0.369 e. The molecule has 1 heterocycles. The third-order valence-electron chi connectivity index (χ3n) is 7.40. The number of nitrogens with two attached hydrogens (primary N) is 1. The molecule has 0 saturated heterocycles. The van der Waals surface area contributed by atoms with E-state index in [2.05, 4.69) is 5.32 Å². The molecule has 5 nitrogen and oxygen atoms in total. The molecule has 1 aliphatic carbocycles. The highest BCUT2D eigenvalue weighted by molar-refractivity contribution is 5.99. The van der Waals surface area contributed by atoms with Gasteiger partial charge in [-0.2, -0.15) is 13.2 Å². The average Bonchev–Trinajstić information content (AvgIpc) is 3.49. The fraction of sp³-hybridized carbons (Fsp3) is 0.462. The number of halogens is 3. The number of carbonyl (C=O) groups is 2. The molecule has 2 aliphatic rings. The van der Waals surface area contributed by atoms with Crippen LogP contribution in [0.4, 0.5) is 18.9 Å². The summed E-state index contributed by atoms with van der Waals surface area (Å²) in [6, 6.07) is 14.0. The fourth-order valence-corrected chi connectivity index (χ4v) is 5.37. The average molecular weight is 474 g/mol. The number of nitrogens with one attached hydrogen (secondary N) is 1. The van der Waals surface area contributed by atoms with Crippen LogP contribution in [0.5, 0.6) is 0 Å². The molecule has 0 aromatic heterocycles. The first-order valence-corrected chi connectivity index (χ1v) is 11.5. The zero-order chi connectivity index (χ0) is 24.7. The van der Waals surface area contributed by atoms with Gasteiger partial charge in [-0.05, 0) is 62.5 Å². The maximum absolute atomic E-state index is 14.3. The molecule has 2 aromatic carbocycles. The van der Waals surface area contributed by atoms with E-state index < -0.39 is 29.3 Å². The Labute approximate surface area is 197 Å². The number of alkyl halides is 3. The molecule has 3 atom stereocenters. The Morgan fingerprint density at radius 1 is 1.15 bits per heavy atom. The number of hydrogen-bond acceptors (Lipinski definition) is 3. The lowest BCUT2D eigenvalue weighted by Crippen LogP contribution is -2.43. The van der Waals surface area contributed by atoms with Gasteiger partial charge in [-0.15, -0.1) is 0 Å². The first kappa shape index (κ1) is 24.3. The standard InChI is InChI=1S/C26H30F3N3O2/c1-32(2)19(13-16-8-9-21-18(12-16)14-22(33)31-21)15-20(24(30)34)23(17-6-4-3-5-7-17)25(10-11-25)26(27,28)29/h3-9,12,19-20,23H,10-11,13-15H2,1-2H3,(H2,30,34)(H,31,33)/t19-,20?,23?/m1/s1. The first-order valence-electron chi connectivity index (χ1n) is 11.5. The zero-order valence-electron chi connectivity index (χ0n) is 19.4. The number of hydrogen-bond donors (Lipinski definition) is 2. The summed E-state index contributed by atoms with van der Waals surface area (Å²) in [7, 11) is 3.71. The molecule has 0 spiro atoms. The summed E-state index contributed by atoms with van der Waals surface area (Å²) in [6.07, 6.45) is -3.39. The third kappa shape index (κ3) is 4.69. The van der Waals surface area contributed by atoms with E-state index in [9.17, 15) is 22.8 Å². The monoisotopic (exact) mass is 473 g/mol. The van der Waals surface area contributed by atoms with Gasteiger partial charge in [0.25, 0.3) is 0 Å². The number of anilines is 1. The minimum Gasteiger partial charge on any atom is -0.369 e. The molecular weight excluding hydrogens is 443 g/mol. The predicted octanol–water partition coefficient (Wildman–Crippen LogP) is 4.27. The van der Waals surface area contributed by atoms with Gasteiger partial charge in [0.15, 0.2) is 0 Å². The van der Waals surface area contributed by atoms with Crippen LogP contribution >= 0.6 is 0 Å². The van der Waals surface area contributed by atoms with Gasteiger partial charge in [-0.25, -0.2) is 0 Å². The molecule has 182 valence electrons. The number of likely N-dealkylation sites (N-methyl/N-ethyl adjacent to an activating group) is 1. The zero-order valence-corrected chi connectivity index (χ0v) is 19.4. The molecule has 4 rings (SSSR count). The van der Waals surface area contributed by atoms with Crippen molar-refractivity contribution in [1.29, 1.82) is 0 Å². The fourth-order valence-electron chi connectivity index (χ4n) is 5.37. The van der Waals surface area contributed by atoms with Gasteiger partial charge in [0.1, 0.15) is 0 Å². The Morgan fingerprint density at radius 3 is 2.38 bits per heavy atom. The minimum atomic E-state index is -4.42. The minimum absolute atomic E-state index is 0.00166. The van der Waals surface area contributed by atoms with Gasteiger partial charge in [0, 0.05) is 23.6 Å². The lowest BCUT2D eigenvalue weighted by Gasteiger charge is -2.37. The number of fused-ring (bicyclic) bond motifs is 1. The topological polar surface area (TPSA) is 75.4 Å². The number of nitrogens with zero attached hydrogens (tertiary/aromatic N) is 1. The Balaban J connectivity index is 1.65. The molecule has 8 heteroatoms. The Morgan fingerprint density at radius 2 is 1.82 bits per heavy atom. The molecule has 1 aliphatic heterocycles. The molecule has 0 radical (unpaired) electrons. The van der Waals surface area contributed by atoms with Crippen LogP contribution in [0.2, 0.25) is 0 Å². The number of carbonyl (C=O) groups excluding carboxylic acids is 2. The van der Waals surface area contributed by atoms with Crippen LogP contribution in [0.25, 0.3) is 0 Å². The van der Waals surface area contributed by atoms with Crippen molar-refractivity contribution in [2.24, 2.45) is 17.1 Å². The Hall–Kier alpha value is -2.87. The van der Waals surface area contributed by atoms with Gasteiger partial charge in [0.2, 0.25) is 11.8 Å². The summed E-state index contributed by atoms with van der Waals surface area (Å²) in [4.78, 5) is 26.3. The summed E-state index contributed by atoms with van der Waals surface area (Å²) >= 11 is 0. The summed E-state index contributed by atoms with van der Waals surface area (Å²) in [5.41, 5.74) is 7.03. The highest BCUT2D eigenvalue weighted by atomic mass is 19.4. The maximum atomic E-state index is 14.3. The summed E-state index contributed by atoms with van der Waals surface area (Å²) in [6.45, 7) is 0. The van der Waals surface area contributed by atoms with E-state index in [0.29, 0.717) is 18.4 Å². The molecule has 2 unspecified atom stereocenters. The molecule has 1 saturated carbocycles. The lowest BCUT2D eigenvalue weighted by molar-refractivity contribution is -0.198. The van der Waals surface area contributed by atoms with Crippen LogP contribution in [-0.2, 0) is 22.4 Å². The molecule has 34 heavy (non-hydrogen) atoms. The van der Waals surface area contributed by atoms with Gasteiger partial charge in [-0.1, -0.05) is 42.5 Å². The second kappa shape index (κ2) is 9.06. The van der Waals surface area contributed by atoms with Gasteiger partial charge in [-0.3, -0.25) is 9.59 Å². The summed E-state index contributed by atoms with van der Waals surface area (Å²) in [5, 5.41) is 2.80. The quantitative estimate of drug-likeness (QED) is 0.571. The van der Waals surface area contributed by atoms with Crippen LogP contribution in [0.15, 0.2) is 48.5 Å². The van der Waals surface area contributed by atoms with Gasteiger partial charge in [0.05, 0.1) is 11.8 Å². The number of amides is 2. The number of primary amides is 1. The highest BCUT2D eigenvalue weighted by Gasteiger charge is 2.69. The van der Waals surface area contributed by atoms with Crippen molar-refractivity contribution < 1.29 is 22.8 Å².